The zero-order valence-electron chi connectivity index (χ0n) is 11.6. The Balaban J connectivity index is 2.38. The van der Waals surface area contributed by atoms with Crippen LogP contribution in [-0.4, -0.2) is 44.1 Å². The standard InChI is InChI=1S/C15H18N4/c1-18(2)8-9-19(3)15-13(11-16)10-12-6-4-5-7-14(12)17-15/h4-7,10H,8-9H2,1-3H3. The van der Waals surface area contributed by atoms with Crippen molar-refractivity contribution in [3.8, 4) is 6.07 Å². The van der Waals surface area contributed by atoms with Gasteiger partial charge in [0, 0.05) is 25.5 Å². The Labute approximate surface area is 113 Å². The molecule has 0 aliphatic heterocycles. The fraction of sp³-hybridized carbons (Fsp3) is 0.333. The number of hydrogen-bond acceptors (Lipinski definition) is 4. The Kier molecular flexibility index (Phi) is 3.98. The first kappa shape index (κ1) is 13.3. The van der Waals surface area contributed by atoms with Crippen LogP contribution in [0.15, 0.2) is 30.3 Å². The van der Waals surface area contributed by atoms with Gasteiger partial charge in [-0.3, -0.25) is 0 Å². The highest BCUT2D eigenvalue weighted by Crippen LogP contribution is 2.22. The number of pyridine rings is 1. The van der Waals surface area contributed by atoms with Crippen LogP contribution in [0.4, 0.5) is 5.82 Å². The van der Waals surface area contributed by atoms with Gasteiger partial charge < -0.3 is 9.80 Å². The molecule has 0 saturated carbocycles. The summed E-state index contributed by atoms with van der Waals surface area (Å²) in [5, 5.41) is 10.3. The number of anilines is 1. The molecule has 0 radical (unpaired) electrons. The zero-order chi connectivity index (χ0) is 13.8. The minimum Gasteiger partial charge on any atom is -0.357 e. The molecule has 0 aliphatic carbocycles. The number of benzene rings is 1. The van der Waals surface area contributed by atoms with Crippen molar-refractivity contribution >= 4 is 16.7 Å². The third-order valence-corrected chi connectivity index (χ3v) is 3.07. The lowest BCUT2D eigenvalue weighted by Gasteiger charge is -2.21. The molecule has 0 bridgehead atoms. The van der Waals surface area contributed by atoms with Gasteiger partial charge in [0.25, 0.3) is 0 Å². The second kappa shape index (κ2) is 5.68. The first-order chi connectivity index (χ1) is 9.11. The molecule has 0 unspecified atom stereocenters. The molecular weight excluding hydrogens is 236 g/mol. The van der Waals surface area contributed by atoms with E-state index < -0.39 is 0 Å². The van der Waals surface area contributed by atoms with Gasteiger partial charge in [-0.05, 0) is 26.2 Å². The fourth-order valence-electron chi connectivity index (χ4n) is 1.93. The molecule has 0 atom stereocenters. The summed E-state index contributed by atoms with van der Waals surface area (Å²) < 4.78 is 0. The number of aromatic nitrogens is 1. The summed E-state index contributed by atoms with van der Waals surface area (Å²) >= 11 is 0. The Morgan fingerprint density at radius 2 is 1.89 bits per heavy atom. The normalized spacial score (nSPS) is 10.7. The lowest BCUT2D eigenvalue weighted by Crippen LogP contribution is -2.29. The van der Waals surface area contributed by atoms with E-state index in [1.807, 2.05) is 56.4 Å². The maximum absolute atomic E-state index is 9.28. The second-order valence-corrected chi connectivity index (χ2v) is 4.89. The predicted octanol–water partition coefficient (Wildman–Crippen LogP) is 2.10. The highest BCUT2D eigenvalue weighted by Gasteiger charge is 2.11. The summed E-state index contributed by atoms with van der Waals surface area (Å²) in [6, 6.07) is 12.0. The Morgan fingerprint density at radius 3 is 2.58 bits per heavy atom. The largest absolute Gasteiger partial charge is 0.357 e. The summed E-state index contributed by atoms with van der Waals surface area (Å²) in [6.07, 6.45) is 0. The topological polar surface area (TPSA) is 43.2 Å². The molecule has 2 aromatic rings. The molecule has 0 spiro atoms. The van der Waals surface area contributed by atoms with Crippen LogP contribution in [0.3, 0.4) is 0 Å². The molecule has 19 heavy (non-hydrogen) atoms. The van der Waals surface area contributed by atoms with Crippen molar-refractivity contribution in [2.75, 3.05) is 39.1 Å². The van der Waals surface area contributed by atoms with Crippen molar-refractivity contribution in [2.24, 2.45) is 0 Å². The average Bonchev–Trinajstić information content (AvgIpc) is 2.43. The van der Waals surface area contributed by atoms with Crippen LogP contribution >= 0.6 is 0 Å². The first-order valence-electron chi connectivity index (χ1n) is 6.27. The van der Waals surface area contributed by atoms with Crippen LogP contribution in [0.2, 0.25) is 0 Å². The number of hydrogen-bond donors (Lipinski definition) is 0. The van der Waals surface area contributed by atoms with Gasteiger partial charge in [-0.1, -0.05) is 18.2 Å². The van der Waals surface area contributed by atoms with E-state index in [1.54, 1.807) is 0 Å². The van der Waals surface area contributed by atoms with Crippen LogP contribution in [0.5, 0.6) is 0 Å². The number of para-hydroxylation sites is 1. The van der Waals surface area contributed by atoms with Crippen LogP contribution in [-0.2, 0) is 0 Å². The van der Waals surface area contributed by atoms with Gasteiger partial charge in [0.1, 0.15) is 11.9 Å². The molecule has 4 nitrogen and oxygen atoms in total. The Bertz CT molecular complexity index is 613. The van der Waals surface area contributed by atoms with Gasteiger partial charge in [0.2, 0.25) is 0 Å². The first-order valence-corrected chi connectivity index (χ1v) is 6.27. The molecule has 0 fully saturated rings. The number of fused-ring (bicyclic) bond motifs is 1. The number of nitrogens with zero attached hydrogens (tertiary/aromatic N) is 4. The summed E-state index contributed by atoms with van der Waals surface area (Å²) in [5.74, 6) is 0.753. The van der Waals surface area contributed by atoms with Crippen LogP contribution < -0.4 is 4.90 Å². The van der Waals surface area contributed by atoms with Crippen LogP contribution in [0.25, 0.3) is 10.9 Å². The molecule has 2 rings (SSSR count). The third kappa shape index (κ3) is 3.01. The second-order valence-electron chi connectivity index (χ2n) is 4.89. The molecular formula is C15H18N4. The van der Waals surface area contributed by atoms with E-state index in [2.05, 4.69) is 16.0 Å². The van der Waals surface area contributed by atoms with E-state index in [0.29, 0.717) is 5.56 Å². The lowest BCUT2D eigenvalue weighted by molar-refractivity contribution is 0.416. The zero-order valence-corrected chi connectivity index (χ0v) is 11.6. The fourth-order valence-corrected chi connectivity index (χ4v) is 1.93. The predicted molar refractivity (Wildman–Crippen MR) is 78.3 cm³/mol. The summed E-state index contributed by atoms with van der Waals surface area (Å²) in [6.45, 7) is 1.77. The maximum atomic E-state index is 9.28. The monoisotopic (exact) mass is 254 g/mol. The lowest BCUT2D eigenvalue weighted by atomic mass is 10.1. The average molecular weight is 254 g/mol. The summed E-state index contributed by atoms with van der Waals surface area (Å²) in [7, 11) is 6.04. The van der Waals surface area contributed by atoms with Crippen molar-refractivity contribution in [3.63, 3.8) is 0 Å². The Morgan fingerprint density at radius 1 is 1.16 bits per heavy atom. The number of likely N-dealkylation sites (N-methyl/N-ethyl adjacent to an activating group) is 2. The third-order valence-electron chi connectivity index (χ3n) is 3.07. The van der Waals surface area contributed by atoms with Gasteiger partial charge in [0.05, 0.1) is 11.1 Å². The van der Waals surface area contributed by atoms with Crippen molar-refractivity contribution in [1.82, 2.24) is 9.88 Å². The van der Waals surface area contributed by atoms with Crippen molar-refractivity contribution in [3.05, 3.63) is 35.9 Å². The van der Waals surface area contributed by atoms with Gasteiger partial charge in [-0.15, -0.1) is 0 Å². The minimum atomic E-state index is 0.625. The van der Waals surface area contributed by atoms with E-state index in [9.17, 15) is 5.26 Å². The quantitative estimate of drug-likeness (QED) is 0.838. The van der Waals surface area contributed by atoms with Crippen molar-refractivity contribution in [1.29, 1.82) is 5.26 Å². The highest BCUT2D eigenvalue weighted by molar-refractivity contribution is 5.82. The van der Waals surface area contributed by atoms with Crippen LogP contribution in [0.1, 0.15) is 5.56 Å². The van der Waals surface area contributed by atoms with Gasteiger partial charge in [0.15, 0.2) is 0 Å². The van der Waals surface area contributed by atoms with Gasteiger partial charge in [-0.25, -0.2) is 4.98 Å². The van der Waals surface area contributed by atoms with Crippen molar-refractivity contribution < 1.29 is 0 Å². The van der Waals surface area contributed by atoms with E-state index in [4.69, 9.17) is 0 Å². The molecule has 0 N–H and O–H groups in total. The Hall–Kier alpha value is -2.12. The molecule has 0 aliphatic rings. The molecule has 98 valence electrons. The van der Waals surface area contributed by atoms with E-state index in [1.165, 1.54) is 0 Å². The number of nitriles is 1. The van der Waals surface area contributed by atoms with Crippen molar-refractivity contribution in [2.45, 2.75) is 0 Å². The SMILES string of the molecule is CN(C)CCN(C)c1nc2ccccc2cc1C#N. The molecule has 0 amide bonds. The van der Waals surface area contributed by atoms with E-state index in [-0.39, 0.29) is 0 Å². The number of rotatable bonds is 4. The smallest absolute Gasteiger partial charge is 0.147 e. The highest BCUT2D eigenvalue weighted by atomic mass is 15.2. The molecule has 0 saturated heterocycles. The van der Waals surface area contributed by atoms with Gasteiger partial charge >= 0.3 is 0 Å². The summed E-state index contributed by atoms with van der Waals surface area (Å²) in [4.78, 5) is 8.76. The molecule has 1 heterocycles. The maximum Gasteiger partial charge on any atom is 0.147 e. The van der Waals surface area contributed by atoms with E-state index >= 15 is 0 Å². The van der Waals surface area contributed by atoms with Crippen LogP contribution in [0, 0.1) is 11.3 Å². The molecule has 4 heteroatoms. The van der Waals surface area contributed by atoms with E-state index in [0.717, 1.165) is 29.8 Å². The minimum absolute atomic E-state index is 0.625. The summed E-state index contributed by atoms with van der Waals surface area (Å²) in [5.41, 5.74) is 1.55. The van der Waals surface area contributed by atoms with Gasteiger partial charge in [-0.2, -0.15) is 5.26 Å². The molecule has 1 aromatic carbocycles. The molecule has 1 aromatic heterocycles.